The van der Waals surface area contributed by atoms with E-state index in [1.54, 1.807) is 7.11 Å². The van der Waals surface area contributed by atoms with Gasteiger partial charge < -0.3 is 14.2 Å². The van der Waals surface area contributed by atoms with Crippen LogP contribution in [0.3, 0.4) is 0 Å². The topological polar surface area (TPSA) is 56.8 Å². The van der Waals surface area contributed by atoms with Gasteiger partial charge in [0.2, 0.25) is 0 Å². The van der Waals surface area contributed by atoms with Crippen LogP contribution in [0.5, 0.6) is 0 Å². The van der Waals surface area contributed by atoms with Crippen molar-refractivity contribution in [3.8, 4) is 0 Å². The smallest absolute Gasteiger partial charge is 0.326 e. The molecule has 1 N–H and O–H groups in total. The van der Waals surface area contributed by atoms with Gasteiger partial charge >= 0.3 is 5.97 Å². The van der Waals surface area contributed by atoms with Crippen molar-refractivity contribution in [2.75, 3.05) is 26.9 Å². The van der Waals surface area contributed by atoms with Crippen molar-refractivity contribution < 1.29 is 19.0 Å². The number of nitrogens with one attached hydrogen (secondary N) is 1. The van der Waals surface area contributed by atoms with Gasteiger partial charge in [-0.05, 0) is 40.0 Å². The average Bonchev–Trinajstić information content (AvgIpc) is 2.39. The molecule has 0 aromatic heterocycles. The molecule has 2 atom stereocenters. The first-order valence-electron chi connectivity index (χ1n) is 7.59. The third-order valence-corrected chi connectivity index (χ3v) is 3.58. The van der Waals surface area contributed by atoms with E-state index >= 15 is 0 Å². The zero-order valence-electron chi connectivity index (χ0n) is 13.2. The van der Waals surface area contributed by atoms with E-state index in [4.69, 9.17) is 14.2 Å². The van der Waals surface area contributed by atoms with E-state index < -0.39 is 5.54 Å². The molecule has 1 rings (SSSR count). The summed E-state index contributed by atoms with van der Waals surface area (Å²) in [5.74, 6) is -0.145. The van der Waals surface area contributed by atoms with Gasteiger partial charge in [-0.25, -0.2) is 0 Å². The van der Waals surface area contributed by atoms with Crippen LogP contribution in [-0.4, -0.2) is 50.6 Å². The molecule has 1 aliphatic rings. The third kappa shape index (κ3) is 5.04. The molecule has 0 heterocycles. The zero-order valence-corrected chi connectivity index (χ0v) is 13.2. The van der Waals surface area contributed by atoms with Crippen LogP contribution in [0.2, 0.25) is 0 Å². The molecule has 0 bridgehead atoms. The Kier molecular flexibility index (Phi) is 7.48. The highest BCUT2D eigenvalue weighted by molar-refractivity contribution is 5.81. The van der Waals surface area contributed by atoms with Gasteiger partial charge in [-0.3, -0.25) is 10.1 Å². The van der Waals surface area contributed by atoms with E-state index in [1.807, 2.05) is 6.92 Å². The van der Waals surface area contributed by atoms with Crippen molar-refractivity contribution in [1.82, 2.24) is 5.32 Å². The quantitative estimate of drug-likeness (QED) is 0.546. The van der Waals surface area contributed by atoms with E-state index in [0.29, 0.717) is 26.2 Å². The number of carbonyl (C=O) groups is 1. The van der Waals surface area contributed by atoms with E-state index in [2.05, 4.69) is 19.2 Å². The summed E-state index contributed by atoms with van der Waals surface area (Å²) < 4.78 is 16.1. The Labute approximate surface area is 122 Å². The van der Waals surface area contributed by atoms with E-state index in [0.717, 1.165) is 19.3 Å². The van der Waals surface area contributed by atoms with Crippen LogP contribution in [0.1, 0.15) is 46.5 Å². The molecular formula is C15H29NO4. The molecule has 0 aliphatic heterocycles. The van der Waals surface area contributed by atoms with E-state index in [1.165, 1.54) is 0 Å². The monoisotopic (exact) mass is 287 g/mol. The molecule has 2 unspecified atom stereocenters. The summed E-state index contributed by atoms with van der Waals surface area (Å²) in [7, 11) is 1.66. The first kappa shape index (κ1) is 17.4. The molecule has 20 heavy (non-hydrogen) atoms. The minimum Gasteiger partial charge on any atom is -0.465 e. The van der Waals surface area contributed by atoms with Crippen molar-refractivity contribution in [2.45, 2.75) is 64.1 Å². The lowest BCUT2D eigenvalue weighted by molar-refractivity contribution is -0.156. The normalized spacial score (nSPS) is 26.8. The minimum absolute atomic E-state index is 0.0922. The SMILES string of the molecule is CCOC(=O)C1(NC(C)C)CCCC(OCCOC)C1. The van der Waals surface area contributed by atoms with Gasteiger partial charge in [-0.15, -0.1) is 0 Å². The number of carbonyl (C=O) groups excluding carboxylic acids is 1. The number of rotatable bonds is 8. The highest BCUT2D eigenvalue weighted by Crippen LogP contribution is 2.32. The molecule has 5 nitrogen and oxygen atoms in total. The first-order valence-corrected chi connectivity index (χ1v) is 7.59. The molecule has 1 aliphatic carbocycles. The van der Waals surface area contributed by atoms with Crippen molar-refractivity contribution in [3.05, 3.63) is 0 Å². The second-order valence-electron chi connectivity index (χ2n) is 5.68. The van der Waals surface area contributed by atoms with E-state index in [9.17, 15) is 4.79 Å². The second-order valence-corrected chi connectivity index (χ2v) is 5.68. The molecular weight excluding hydrogens is 258 g/mol. The predicted molar refractivity (Wildman–Crippen MR) is 77.7 cm³/mol. The number of hydrogen-bond acceptors (Lipinski definition) is 5. The Morgan fingerprint density at radius 2 is 2.15 bits per heavy atom. The van der Waals surface area contributed by atoms with Gasteiger partial charge in [-0.2, -0.15) is 0 Å². The molecule has 0 radical (unpaired) electrons. The lowest BCUT2D eigenvalue weighted by atomic mass is 9.79. The number of esters is 1. The molecule has 0 aromatic rings. The second kappa shape index (κ2) is 8.60. The Hall–Kier alpha value is -0.650. The molecule has 0 spiro atoms. The highest BCUT2D eigenvalue weighted by Gasteiger charge is 2.44. The van der Waals surface area contributed by atoms with Crippen LogP contribution < -0.4 is 5.32 Å². The summed E-state index contributed by atoms with van der Waals surface area (Å²) in [5.41, 5.74) is -0.597. The number of methoxy groups -OCH3 is 1. The Balaban J connectivity index is 2.68. The highest BCUT2D eigenvalue weighted by atomic mass is 16.5. The molecule has 1 saturated carbocycles. The third-order valence-electron chi connectivity index (χ3n) is 3.58. The zero-order chi connectivity index (χ0) is 15.0. The summed E-state index contributed by atoms with van der Waals surface area (Å²) in [6.07, 6.45) is 3.54. The van der Waals surface area contributed by atoms with Crippen LogP contribution in [0.4, 0.5) is 0 Å². The Morgan fingerprint density at radius 1 is 1.40 bits per heavy atom. The first-order chi connectivity index (χ1) is 9.54. The van der Waals surface area contributed by atoms with Gasteiger partial charge in [0.1, 0.15) is 5.54 Å². The maximum atomic E-state index is 12.4. The van der Waals surface area contributed by atoms with Gasteiger partial charge in [0.25, 0.3) is 0 Å². The number of hydrogen-bond donors (Lipinski definition) is 1. The lowest BCUT2D eigenvalue weighted by Crippen LogP contribution is -2.59. The summed E-state index contributed by atoms with van der Waals surface area (Å²) in [4.78, 5) is 12.4. The summed E-state index contributed by atoms with van der Waals surface area (Å²) >= 11 is 0. The van der Waals surface area contributed by atoms with E-state index in [-0.39, 0.29) is 18.1 Å². The molecule has 5 heteroatoms. The average molecular weight is 287 g/mol. The van der Waals surface area contributed by atoms with Crippen LogP contribution in [-0.2, 0) is 19.0 Å². The van der Waals surface area contributed by atoms with Gasteiger partial charge in [0.15, 0.2) is 0 Å². The summed E-state index contributed by atoms with van der Waals surface area (Å²) in [6.45, 7) is 7.51. The number of ether oxygens (including phenoxy) is 3. The molecule has 1 fully saturated rings. The lowest BCUT2D eigenvalue weighted by Gasteiger charge is -2.40. The minimum atomic E-state index is -0.597. The van der Waals surface area contributed by atoms with Gasteiger partial charge in [0, 0.05) is 19.6 Å². The Morgan fingerprint density at radius 3 is 2.75 bits per heavy atom. The van der Waals surface area contributed by atoms with Crippen LogP contribution in [0.15, 0.2) is 0 Å². The standard InChI is InChI=1S/C15H29NO4/c1-5-19-14(17)15(16-12(2)3)8-6-7-13(11-15)20-10-9-18-4/h12-13,16H,5-11H2,1-4H3. The van der Waals surface area contributed by atoms with Gasteiger partial charge in [0.05, 0.1) is 25.9 Å². The van der Waals surface area contributed by atoms with Crippen molar-refractivity contribution in [1.29, 1.82) is 0 Å². The fraction of sp³-hybridized carbons (Fsp3) is 0.933. The molecule has 118 valence electrons. The Bertz CT molecular complexity index is 296. The van der Waals surface area contributed by atoms with Crippen molar-refractivity contribution >= 4 is 5.97 Å². The maximum absolute atomic E-state index is 12.4. The fourth-order valence-corrected chi connectivity index (χ4v) is 2.86. The molecule has 0 amide bonds. The van der Waals surface area contributed by atoms with Crippen LogP contribution in [0, 0.1) is 0 Å². The molecule has 0 aromatic carbocycles. The summed E-state index contributed by atoms with van der Waals surface area (Å²) in [5, 5.41) is 3.41. The maximum Gasteiger partial charge on any atom is 0.326 e. The van der Waals surface area contributed by atoms with Gasteiger partial charge in [-0.1, -0.05) is 0 Å². The van der Waals surface area contributed by atoms with Crippen molar-refractivity contribution in [2.24, 2.45) is 0 Å². The van der Waals surface area contributed by atoms with Crippen molar-refractivity contribution in [3.63, 3.8) is 0 Å². The van der Waals surface area contributed by atoms with Crippen LogP contribution in [0.25, 0.3) is 0 Å². The summed E-state index contributed by atoms with van der Waals surface area (Å²) in [6, 6.07) is 0.233. The predicted octanol–water partition coefficient (Wildman–Crippen LogP) is 1.89. The molecule has 0 saturated heterocycles. The van der Waals surface area contributed by atoms with Crippen LogP contribution >= 0.6 is 0 Å². The largest absolute Gasteiger partial charge is 0.465 e. The fourth-order valence-electron chi connectivity index (χ4n) is 2.86.